The van der Waals surface area contributed by atoms with Gasteiger partial charge < -0.3 is 33.3 Å². The number of benzene rings is 3. The summed E-state index contributed by atoms with van der Waals surface area (Å²) in [5.41, 5.74) is 2.88. The van der Waals surface area contributed by atoms with Gasteiger partial charge in [0, 0.05) is 14.7 Å². The standard InChI is InChI=1S/C20H15F3O5.C13H11IO4/c1-12-15(10-18(27-12)19(24)25)11-26-16-6-2-13(3-7-16)14-4-8-17(9-5-14)28-20(21,22)23;1-8-9(6-12(18-8)13(15)16)7-17-11-4-2-10(14)3-5-11/h2-10H,11H2,1H3,(H,24,25);2-6H,7H2,1H3,(H,15,16). The normalized spacial score (nSPS) is 10.9. The molecule has 0 bridgehead atoms. The van der Waals surface area contributed by atoms with Crippen LogP contribution >= 0.6 is 22.6 Å². The van der Waals surface area contributed by atoms with E-state index in [4.69, 9.17) is 28.5 Å². The minimum Gasteiger partial charge on any atom is -0.489 e. The van der Waals surface area contributed by atoms with Crippen LogP contribution in [0, 0.1) is 17.4 Å². The fourth-order valence-electron chi connectivity index (χ4n) is 3.98. The first-order valence-electron chi connectivity index (χ1n) is 13.4. The molecule has 0 saturated heterocycles. The number of rotatable bonds is 10. The first kappa shape index (κ1) is 34.0. The third-order valence-corrected chi connectivity index (χ3v) is 7.06. The molecule has 13 heteroatoms. The highest BCUT2D eigenvalue weighted by molar-refractivity contribution is 14.1. The lowest BCUT2D eigenvalue weighted by atomic mass is 10.1. The summed E-state index contributed by atoms with van der Waals surface area (Å²) in [5, 5.41) is 17.7. The van der Waals surface area contributed by atoms with E-state index < -0.39 is 18.3 Å². The highest BCUT2D eigenvalue weighted by atomic mass is 127. The number of hydrogen-bond acceptors (Lipinski definition) is 7. The van der Waals surface area contributed by atoms with E-state index in [-0.39, 0.29) is 23.9 Å². The molecule has 9 nitrogen and oxygen atoms in total. The molecule has 5 rings (SSSR count). The summed E-state index contributed by atoms with van der Waals surface area (Å²) in [6.45, 7) is 3.81. The van der Waals surface area contributed by atoms with Gasteiger partial charge in [0.25, 0.3) is 0 Å². The van der Waals surface area contributed by atoms with Crippen molar-refractivity contribution >= 4 is 34.5 Å². The average Bonchev–Trinajstić information content (AvgIpc) is 3.58. The van der Waals surface area contributed by atoms with E-state index in [1.807, 2.05) is 24.3 Å². The van der Waals surface area contributed by atoms with Gasteiger partial charge in [-0.25, -0.2) is 9.59 Å². The maximum atomic E-state index is 12.2. The highest BCUT2D eigenvalue weighted by Gasteiger charge is 2.31. The molecule has 46 heavy (non-hydrogen) atoms. The molecule has 0 spiro atoms. The molecule has 0 unspecified atom stereocenters. The minimum absolute atomic E-state index is 0.0614. The van der Waals surface area contributed by atoms with Crippen LogP contribution in [0.15, 0.2) is 93.8 Å². The predicted octanol–water partition coefficient (Wildman–Crippen LogP) is 8.90. The van der Waals surface area contributed by atoms with Crippen LogP contribution in [0.3, 0.4) is 0 Å². The van der Waals surface area contributed by atoms with E-state index >= 15 is 0 Å². The second kappa shape index (κ2) is 14.9. The largest absolute Gasteiger partial charge is 0.573 e. The van der Waals surface area contributed by atoms with Crippen molar-refractivity contribution in [2.24, 2.45) is 0 Å². The fourth-order valence-corrected chi connectivity index (χ4v) is 4.34. The number of aryl methyl sites for hydroxylation is 2. The molecule has 0 aliphatic carbocycles. The molecule has 0 radical (unpaired) electrons. The van der Waals surface area contributed by atoms with Crippen LogP contribution in [-0.2, 0) is 13.2 Å². The smallest absolute Gasteiger partial charge is 0.489 e. The number of aromatic carboxylic acids is 2. The van der Waals surface area contributed by atoms with Crippen LogP contribution in [0.2, 0.25) is 0 Å². The van der Waals surface area contributed by atoms with E-state index in [0.29, 0.717) is 29.4 Å². The molecule has 2 heterocycles. The van der Waals surface area contributed by atoms with E-state index in [0.717, 1.165) is 26.0 Å². The Balaban J connectivity index is 0.000000230. The quantitative estimate of drug-likeness (QED) is 0.135. The molecule has 0 amide bonds. The molecule has 2 aromatic heterocycles. The Morgan fingerprint density at radius 1 is 0.674 bits per heavy atom. The molecule has 0 aliphatic rings. The summed E-state index contributed by atoms with van der Waals surface area (Å²) in [7, 11) is 0. The molecule has 5 aromatic rings. The average molecular weight is 750 g/mol. The Morgan fingerprint density at radius 2 is 1.04 bits per heavy atom. The number of carbonyl (C=O) groups is 2. The molecule has 240 valence electrons. The second-order valence-corrected chi connectivity index (χ2v) is 10.9. The Kier molecular flexibility index (Phi) is 11.0. The number of alkyl halides is 3. The molecule has 0 aliphatic heterocycles. The third-order valence-electron chi connectivity index (χ3n) is 6.34. The van der Waals surface area contributed by atoms with Crippen molar-refractivity contribution in [3.05, 3.63) is 123 Å². The molecule has 0 fully saturated rings. The van der Waals surface area contributed by atoms with Gasteiger partial charge in [-0.2, -0.15) is 0 Å². The van der Waals surface area contributed by atoms with Crippen molar-refractivity contribution in [2.75, 3.05) is 0 Å². The van der Waals surface area contributed by atoms with Gasteiger partial charge in [-0.15, -0.1) is 13.2 Å². The topological polar surface area (TPSA) is 129 Å². The van der Waals surface area contributed by atoms with Crippen LogP contribution in [0.1, 0.15) is 43.8 Å². The molecule has 3 aromatic carbocycles. The Hall–Kier alpha value is -4.92. The summed E-state index contributed by atoms with van der Waals surface area (Å²) in [4.78, 5) is 21.6. The van der Waals surface area contributed by atoms with Gasteiger partial charge in [0.1, 0.15) is 42.0 Å². The van der Waals surface area contributed by atoms with Crippen LogP contribution in [0.4, 0.5) is 13.2 Å². The summed E-state index contributed by atoms with van der Waals surface area (Å²) in [6.07, 6.45) is -4.72. The number of carboxylic acids is 2. The van der Waals surface area contributed by atoms with Gasteiger partial charge in [-0.3, -0.25) is 0 Å². The molecule has 0 atom stereocenters. The van der Waals surface area contributed by atoms with Gasteiger partial charge in [0.15, 0.2) is 0 Å². The van der Waals surface area contributed by atoms with E-state index in [1.165, 1.54) is 36.4 Å². The second-order valence-electron chi connectivity index (χ2n) is 9.62. The lowest BCUT2D eigenvalue weighted by Crippen LogP contribution is -2.16. The maximum absolute atomic E-state index is 12.2. The summed E-state index contributed by atoms with van der Waals surface area (Å²) in [5.74, 6) is -0.381. The van der Waals surface area contributed by atoms with Crippen molar-refractivity contribution < 1.29 is 56.0 Å². The Morgan fingerprint density at radius 3 is 1.39 bits per heavy atom. The van der Waals surface area contributed by atoms with Gasteiger partial charge in [0.2, 0.25) is 11.5 Å². The van der Waals surface area contributed by atoms with E-state index in [1.54, 1.807) is 38.1 Å². The fraction of sp³-hybridized carbons (Fsp3) is 0.152. The zero-order chi connectivity index (χ0) is 33.4. The number of hydrogen-bond donors (Lipinski definition) is 2. The number of ether oxygens (including phenoxy) is 3. The van der Waals surface area contributed by atoms with E-state index in [9.17, 15) is 22.8 Å². The van der Waals surface area contributed by atoms with Crippen molar-refractivity contribution in [1.82, 2.24) is 0 Å². The SMILES string of the molecule is Cc1oc(C(=O)O)cc1COc1ccc(-c2ccc(OC(F)(F)F)cc2)cc1.Cc1oc(C(=O)O)cc1COc1ccc(I)cc1. The molecular formula is C33H26F3IO9. The zero-order valence-corrected chi connectivity index (χ0v) is 26.4. The molecule has 2 N–H and O–H groups in total. The number of furan rings is 2. The minimum atomic E-state index is -4.72. The van der Waals surface area contributed by atoms with Gasteiger partial charge in [-0.1, -0.05) is 24.3 Å². The Bertz CT molecular complexity index is 1770. The van der Waals surface area contributed by atoms with Crippen molar-refractivity contribution in [3.63, 3.8) is 0 Å². The van der Waals surface area contributed by atoms with Crippen LogP contribution < -0.4 is 14.2 Å². The van der Waals surface area contributed by atoms with Crippen LogP contribution in [-0.4, -0.2) is 28.5 Å². The summed E-state index contributed by atoms with van der Waals surface area (Å²) in [6, 6.07) is 23.0. The number of halogens is 4. The zero-order valence-electron chi connectivity index (χ0n) is 24.3. The van der Waals surface area contributed by atoms with Gasteiger partial charge >= 0.3 is 18.3 Å². The first-order chi connectivity index (χ1) is 21.8. The van der Waals surface area contributed by atoms with Gasteiger partial charge in [-0.05, 0) is 108 Å². The molecule has 0 saturated carbocycles. The third kappa shape index (κ3) is 9.79. The first-order valence-corrected chi connectivity index (χ1v) is 14.5. The van der Waals surface area contributed by atoms with Crippen molar-refractivity contribution in [1.29, 1.82) is 0 Å². The summed E-state index contributed by atoms with van der Waals surface area (Å²) >= 11 is 2.22. The number of carboxylic acid groups (broad SMARTS) is 2. The summed E-state index contributed by atoms with van der Waals surface area (Å²) < 4.78 is 63.0. The van der Waals surface area contributed by atoms with E-state index in [2.05, 4.69) is 27.3 Å². The predicted molar refractivity (Wildman–Crippen MR) is 167 cm³/mol. The van der Waals surface area contributed by atoms with Gasteiger partial charge in [0.05, 0.1) is 0 Å². The Labute approximate surface area is 274 Å². The van der Waals surface area contributed by atoms with Crippen LogP contribution in [0.25, 0.3) is 11.1 Å². The monoisotopic (exact) mass is 750 g/mol. The maximum Gasteiger partial charge on any atom is 0.573 e. The lowest BCUT2D eigenvalue weighted by Gasteiger charge is -2.10. The molecular weight excluding hydrogens is 724 g/mol. The lowest BCUT2D eigenvalue weighted by molar-refractivity contribution is -0.274. The highest BCUT2D eigenvalue weighted by Crippen LogP contribution is 2.28. The van der Waals surface area contributed by atoms with Crippen molar-refractivity contribution in [3.8, 4) is 28.4 Å². The van der Waals surface area contributed by atoms with Crippen molar-refractivity contribution in [2.45, 2.75) is 33.4 Å². The van der Waals surface area contributed by atoms with Crippen LogP contribution in [0.5, 0.6) is 17.2 Å².